The van der Waals surface area contributed by atoms with Crippen LogP contribution in [0.2, 0.25) is 0 Å². The smallest absolute Gasteiger partial charge is 0.182 e. The number of benzene rings is 2. The number of imidazole rings is 2. The van der Waals surface area contributed by atoms with Crippen LogP contribution in [0.4, 0.5) is 22.7 Å². The van der Waals surface area contributed by atoms with Gasteiger partial charge in [-0.05, 0) is 98.8 Å². The van der Waals surface area contributed by atoms with E-state index >= 15 is 0 Å². The van der Waals surface area contributed by atoms with Gasteiger partial charge in [-0.25, -0.2) is 29.0 Å². The van der Waals surface area contributed by atoms with Crippen molar-refractivity contribution in [3.63, 3.8) is 0 Å². The molecule has 4 N–H and O–H groups in total. The molecule has 2 aromatic carbocycles. The second kappa shape index (κ2) is 16.5. The van der Waals surface area contributed by atoms with Crippen molar-refractivity contribution in [1.82, 2.24) is 59.1 Å². The van der Waals surface area contributed by atoms with E-state index in [4.69, 9.17) is 30.0 Å². The van der Waals surface area contributed by atoms with Crippen LogP contribution in [0.5, 0.6) is 0 Å². The Bertz CT molecular complexity index is 3300. The van der Waals surface area contributed by atoms with E-state index in [1.165, 1.54) is 0 Å². The number of H-pyrrole nitrogens is 2. The first-order chi connectivity index (χ1) is 31.1. The normalized spacial score (nSPS) is 11.4. The molecule has 0 amide bonds. The number of hydrogen-bond acceptors (Lipinski definition) is 12. The summed E-state index contributed by atoms with van der Waals surface area (Å²) in [7, 11) is 8.12. The van der Waals surface area contributed by atoms with Crippen LogP contribution in [0.15, 0.2) is 122 Å². The zero-order chi connectivity index (χ0) is 43.9. The van der Waals surface area contributed by atoms with Crippen LogP contribution in [0.3, 0.4) is 0 Å². The molecule has 0 aliphatic heterocycles. The van der Waals surface area contributed by atoms with Gasteiger partial charge in [0.05, 0.1) is 58.6 Å². The monoisotopic (exact) mass is 846 g/mol. The summed E-state index contributed by atoms with van der Waals surface area (Å²) < 4.78 is 3.56. The molecule has 0 radical (unpaired) electrons. The van der Waals surface area contributed by atoms with Gasteiger partial charge in [0.25, 0.3) is 0 Å². The van der Waals surface area contributed by atoms with E-state index in [2.05, 4.69) is 70.8 Å². The first-order valence-corrected chi connectivity index (χ1v) is 20.9. The van der Waals surface area contributed by atoms with Crippen LogP contribution in [0.1, 0.15) is 23.0 Å². The minimum absolute atomic E-state index is 0.439. The third-order valence-corrected chi connectivity index (χ3v) is 11.0. The van der Waals surface area contributed by atoms with E-state index in [-0.39, 0.29) is 0 Å². The lowest BCUT2D eigenvalue weighted by atomic mass is 10.1. The largest absolute Gasteiger partial charge is 0.378 e. The third kappa shape index (κ3) is 7.95. The maximum atomic E-state index is 5.10. The number of fused-ring (bicyclic) bond motifs is 2. The van der Waals surface area contributed by atoms with Crippen LogP contribution < -0.4 is 20.4 Å². The Kier molecular flexibility index (Phi) is 10.2. The van der Waals surface area contributed by atoms with E-state index in [9.17, 15) is 0 Å². The highest BCUT2D eigenvalue weighted by Gasteiger charge is 2.20. The summed E-state index contributed by atoms with van der Waals surface area (Å²) in [6, 6.07) is 34.4. The highest BCUT2D eigenvalue weighted by molar-refractivity contribution is 5.80. The predicted octanol–water partition coefficient (Wildman–Crippen LogP) is 8.32. The van der Waals surface area contributed by atoms with Gasteiger partial charge in [-0.1, -0.05) is 18.2 Å². The van der Waals surface area contributed by atoms with Crippen molar-refractivity contribution in [2.75, 3.05) is 48.6 Å². The maximum Gasteiger partial charge on any atom is 0.182 e. The summed E-state index contributed by atoms with van der Waals surface area (Å²) >= 11 is 0. The van der Waals surface area contributed by atoms with Crippen LogP contribution in [0, 0.1) is 13.8 Å². The molecule has 0 aliphatic rings. The number of pyridine rings is 4. The number of nitrogens with one attached hydrogen (secondary N) is 4. The minimum Gasteiger partial charge on any atom is -0.378 e. The molecule has 10 rings (SSSR count). The molecule has 0 spiro atoms. The van der Waals surface area contributed by atoms with Gasteiger partial charge in [-0.2, -0.15) is 5.10 Å². The quantitative estimate of drug-likeness (QED) is 0.0875. The van der Waals surface area contributed by atoms with Crippen molar-refractivity contribution in [1.29, 1.82) is 0 Å². The molecule has 0 saturated heterocycles. The summed E-state index contributed by atoms with van der Waals surface area (Å²) in [4.78, 5) is 40.3. The molecule has 0 fully saturated rings. The fourth-order valence-corrected chi connectivity index (χ4v) is 7.72. The van der Waals surface area contributed by atoms with Gasteiger partial charge < -0.3 is 30.4 Å². The molecule has 8 heterocycles. The summed E-state index contributed by atoms with van der Waals surface area (Å²) in [5.74, 6) is 2.15. The van der Waals surface area contributed by atoms with Gasteiger partial charge in [0.2, 0.25) is 0 Å². The van der Waals surface area contributed by atoms with E-state index in [0.717, 1.165) is 108 Å². The number of anilines is 4. The Labute approximate surface area is 369 Å². The zero-order valence-corrected chi connectivity index (χ0v) is 36.3. The molecule has 10 aromatic rings. The number of aromatic amines is 2. The molecule has 318 valence electrons. The van der Waals surface area contributed by atoms with Crippen molar-refractivity contribution in [2.24, 2.45) is 0 Å². The number of rotatable bonds is 13. The van der Waals surface area contributed by atoms with Gasteiger partial charge in [-0.3, -0.25) is 9.97 Å². The number of aromatic nitrogens is 12. The first-order valence-electron chi connectivity index (χ1n) is 20.9. The summed E-state index contributed by atoms with van der Waals surface area (Å²) in [6.45, 7) is 4.91. The van der Waals surface area contributed by atoms with Crippen molar-refractivity contribution >= 4 is 34.0 Å². The standard InChI is InChI=1S/C48H46N16/c1-29-10-7-14-37(53-29)46-44(32-17-20-42-51-28-52-63(42)26-32)56-41(58-46)25-50-36-19-16-31(22-39(36)62(5)6)48-59-43-21-18-33(27-64(43)60-48)45-47(38-15-8-11-30(2)54-38)57-40(55-45)24-49-34-12-9-13-35(23-34)61(3)4/h7-23,26-28,49-50H,24-25H2,1-6H3,(H,55,57)(H,56,58). The number of nitrogens with zero attached hydrogens (tertiary/aromatic N) is 12. The Balaban J connectivity index is 0.924. The van der Waals surface area contributed by atoms with E-state index in [1.54, 1.807) is 10.8 Å². The Hall–Kier alpha value is -8.40. The van der Waals surface area contributed by atoms with Gasteiger partial charge in [-0.15, -0.1) is 5.10 Å². The third-order valence-electron chi connectivity index (χ3n) is 11.0. The summed E-state index contributed by atoms with van der Waals surface area (Å²) in [6.07, 6.45) is 5.46. The molecular weight excluding hydrogens is 801 g/mol. The molecule has 8 aromatic heterocycles. The van der Waals surface area contributed by atoms with E-state index in [0.29, 0.717) is 18.9 Å². The average Bonchev–Trinajstić information content (AvgIpc) is 4.13. The lowest BCUT2D eigenvalue weighted by molar-refractivity contribution is 0.960. The van der Waals surface area contributed by atoms with Crippen molar-refractivity contribution < 1.29 is 0 Å². The van der Waals surface area contributed by atoms with Crippen LogP contribution in [0.25, 0.3) is 68.0 Å². The molecule has 0 bridgehead atoms. The summed E-state index contributed by atoms with van der Waals surface area (Å²) in [5, 5.41) is 16.5. The fraction of sp³-hybridized carbons (Fsp3) is 0.167. The lowest BCUT2D eigenvalue weighted by Gasteiger charge is -2.19. The Morgan fingerprint density at radius 2 is 1.20 bits per heavy atom. The zero-order valence-electron chi connectivity index (χ0n) is 36.3. The van der Waals surface area contributed by atoms with Crippen LogP contribution in [-0.4, -0.2) is 87.3 Å². The molecule has 0 atom stereocenters. The Morgan fingerprint density at radius 3 is 1.86 bits per heavy atom. The summed E-state index contributed by atoms with van der Waals surface area (Å²) in [5.41, 5.74) is 14.9. The molecular formula is C48H46N16. The number of hydrogen-bond donors (Lipinski definition) is 4. The highest BCUT2D eigenvalue weighted by atomic mass is 15.3. The molecule has 64 heavy (non-hydrogen) atoms. The second-order valence-corrected chi connectivity index (χ2v) is 16.1. The maximum absolute atomic E-state index is 5.10. The van der Waals surface area contributed by atoms with Crippen molar-refractivity contribution in [3.8, 4) is 56.7 Å². The molecule has 16 nitrogen and oxygen atoms in total. The van der Waals surface area contributed by atoms with Gasteiger partial charge in [0.1, 0.15) is 18.0 Å². The van der Waals surface area contributed by atoms with Gasteiger partial charge in [0.15, 0.2) is 17.1 Å². The van der Waals surface area contributed by atoms with Crippen LogP contribution in [-0.2, 0) is 13.1 Å². The van der Waals surface area contributed by atoms with Gasteiger partial charge in [0, 0.05) is 80.0 Å². The molecule has 0 aliphatic carbocycles. The number of aryl methyl sites for hydroxylation is 2. The Morgan fingerprint density at radius 1 is 0.578 bits per heavy atom. The molecule has 0 unspecified atom stereocenters. The molecule has 0 saturated carbocycles. The predicted molar refractivity (Wildman–Crippen MR) is 252 cm³/mol. The van der Waals surface area contributed by atoms with Crippen molar-refractivity contribution in [2.45, 2.75) is 26.9 Å². The first kappa shape index (κ1) is 39.7. The fourth-order valence-electron chi connectivity index (χ4n) is 7.72. The van der Waals surface area contributed by atoms with Crippen molar-refractivity contribution in [3.05, 3.63) is 145 Å². The lowest BCUT2D eigenvalue weighted by Crippen LogP contribution is -2.12. The topological polar surface area (TPSA) is 174 Å². The van der Waals surface area contributed by atoms with E-state index < -0.39 is 0 Å². The van der Waals surface area contributed by atoms with Crippen LogP contribution >= 0.6 is 0 Å². The second-order valence-electron chi connectivity index (χ2n) is 16.1. The molecule has 16 heteroatoms. The minimum atomic E-state index is 0.439. The highest BCUT2D eigenvalue weighted by Crippen LogP contribution is 2.34. The SMILES string of the molecule is Cc1cccc(-c2[nH]c(CNc3cccc(N(C)C)c3)nc2-c2ccc3nc(-c4ccc(NCc5nc(-c6ccc7ncnn7c6)c(-c6cccc(C)n6)[nH]5)c(N(C)C)c4)nn3c2)n1. The van der Waals surface area contributed by atoms with Gasteiger partial charge >= 0.3 is 0 Å². The average molecular weight is 847 g/mol. The van der Waals surface area contributed by atoms with E-state index in [1.807, 2.05) is 132 Å².